The van der Waals surface area contributed by atoms with Crippen LogP contribution < -0.4 is 0 Å². The Labute approximate surface area is 185 Å². The van der Waals surface area contributed by atoms with Crippen LogP contribution in [0, 0.1) is 34.5 Å². The number of Topliss-reactive ketones (excluding diaryl/α,β-unsaturated/α-hetero) is 1. The van der Waals surface area contributed by atoms with E-state index in [1.54, 1.807) is 0 Å². The molecule has 0 amide bonds. The highest BCUT2D eigenvalue weighted by atomic mass is 16.8. The summed E-state index contributed by atoms with van der Waals surface area (Å²) in [4.78, 5) is 14.7. The highest BCUT2D eigenvalue weighted by molar-refractivity contribution is 5.95. The molecule has 0 radical (unpaired) electrons. The minimum absolute atomic E-state index is 0.134. The van der Waals surface area contributed by atoms with Crippen LogP contribution in [-0.2, 0) is 23.7 Å². The minimum atomic E-state index is -0.903. The molecular weight excluding hydrogens is 392 g/mol. The van der Waals surface area contributed by atoms with Gasteiger partial charge < -0.3 is 18.9 Å². The van der Waals surface area contributed by atoms with Crippen LogP contribution >= 0.6 is 0 Å². The van der Waals surface area contributed by atoms with Gasteiger partial charge in [-0.25, -0.2) is 0 Å². The van der Waals surface area contributed by atoms with E-state index in [2.05, 4.69) is 39.8 Å². The van der Waals surface area contributed by atoms with Crippen LogP contribution in [0.1, 0.15) is 61.8 Å². The Bertz CT molecular complexity index is 941. The zero-order valence-electron chi connectivity index (χ0n) is 20.1. The number of hydrogen-bond acceptors (Lipinski definition) is 5. The molecule has 2 saturated carbocycles. The van der Waals surface area contributed by atoms with Crippen LogP contribution in [-0.4, -0.2) is 41.8 Å². The van der Waals surface area contributed by atoms with Crippen LogP contribution in [0.4, 0.5) is 0 Å². The van der Waals surface area contributed by atoms with E-state index in [-0.39, 0.29) is 29.5 Å². The Kier molecular flexibility index (Phi) is 3.68. The number of ether oxygens (including phenoxy) is 4. The van der Waals surface area contributed by atoms with Crippen molar-refractivity contribution in [2.75, 3.05) is 6.61 Å². The Hall–Kier alpha value is -1.01. The molecule has 5 heteroatoms. The van der Waals surface area contributed by atoms with Crippen molar-refractivity contribution in [3.63, 3.8) is 0 Å². The van der Waals surface area contributed by atoms with E-state index in [9.17, 15) is 4.79 Å². The molecule has 8 unspecified atom stereocenters. The third-order valence-corrected chi connectivity index (χ3v) is 9.45. The second kappa shape index (κ2) is 5.55. The van der Waals surface area contributed by atoms with Gasteiger partial charge in [0, 0.05) is 5.92 Å². The summed E-state index contributed by atoms with van der Waals surface area (Å²) in [5.41, 5.74) is 0.650. The summed E-state index contributed by atoms with van der Waals surface area (Å²) in [7, 11) is 0. The van der Waals surface area contributed by atoms with E-state index in [4.69, 9.17) is 18.9 Å². The van der Waals surface area contributed by atoms with Crippen LogP contribution in [0.2, 0.25) is 0 Å². The van der Waals surface area contributed by atoms with E-state index in [1.165, 1.54) is 0 Å². The molecule has 4 aliphatic carbocycles. The average Bonchev–Trinajstić information content (AvgIpc) is 2.97. The number of rotatable bonds is 0. The zero-order valence-corrected chi connectivity index (χ0v) is 20.1. The van der Waals surface area contributed by atoms with E-state index in [0.29, 0.717) is 24.2 Å². The van der Waals surface area contributed by atoms with Crippen LogP contribution in [0.25, 0.3) is 0 Å². The molecule has 0 aromatic carbocycles. The molecule has 5 nitrogen and oxygen atoms in total. The molecule has 2 spiro atoms. The van der Waals surface area contributed by atoms with Crippen molar-refractivity contribution in [1.82, 2.24) is 0 Å². The monoisotopic (exact) mass is 428 g/mol. The first-order valence-electron chi connectivity index (χ1n) is 11.9. The molecule has 2 heterocycles. The lowest BCUT2D eigenvalue weighted by molar-refractivity contribution is -0.304. The smallest absolute Gasteiger partial charge is 0.164 e. The lowest BCUT2D eigenvalue weighted by Gasteiger charge is -2.53. The molecule has 0 aromatic rings. The number of ketones is 1. The number of fused-ring (bicyclic) bond motifs is 4. The molecule has 2 aliphatic heterocycles. The second-order valence-corrected chi connectivity index (χ2v) is 12.5. The summed E-state index contributed by atoms with van der Waals surface area (Å²) in [5.74, 6) is -0.335. The fraction of sp³-hybridized carbons (Fsp3) is 0.808. The SMILES string of the molecule is CC1=CC23C(=O)C(C=C4COC(C)(C)OC4C24OC(C)(C)OC14)C1C(CC3C)C1(C)C. The summed E-state index contributed by atoms with van der Waals surface area (Å²) >= 11 is 0. The third-order valence-electron chi connectivity index (χ3n) is 9.45. The molecule has 6 aliphatic rings. The Morgan fingerprint density at radius 2 is 1.68 bits per heavy atom. The Morgan fingerprint density at radius 1 is 1.00 bits per heavy atom. The molecular formula is C26H36O5. The van der Waals surface area contributed by atoms with Gasteiger partial charge in [-0.15, -0.1) is 0 Å². The Balaban J connectivity index is 1.64. The molecule has 2 saturated heterocycles. The van der Waals surface area contributed by atoms with Crippen molar-refractivity contribution >= 4 is 5.78 Å². The van der Waals surface area contributed by atoms with Gasteiger partial charge in [0.2, 0.25) is 0 Å². The summed E-state index contributed by atoms with van der Waals surface area (Å²) in [6, 6.07) is 0. The van der Waals surface area contributed by atoms with Crippen molar-refractivity contribution in [2.24, 2.45) is 34.5 Å². The van der Waals surface area contributed by atoms with Crippen molar-refractivity contribution in [3.05, 3.63) is 23.3 Å². The molecule has 6 rings (SSSR count). The van der Waals surface area contributed by atoms with E-state index >= 15 is 0 Å². The molecule has 0 aromatic heterocycles. The van der Waals surface area contributed by atoms with Gasteiger partial charge in [0.15, 0.2) is 17.4 Å². The summed E-state index contributed by atoms with van der Waals surface area (Å²) in [5, 5.41) is 0. The summed E-state index contributed by atoms with van der Waals surface area (Å²) in [6.07, 6.45) is 4.76. The number of carbonyl (C=O) groups excluding carboxylic acids is 1. The first kappa shape index (κ1) is 20.6. The quantitative estimate of drug-likeness (QED) is 0.535. The van der Waals surface area contributed by atoms with Gasteiger partial charge in [-0.2, -0.15) is 0 Å². The normalized spacial score (nSPS) is 52.6. The average molecular weight is 429 g/mol. The van der Waals surface area contributed by atoms with E-state index < -0.39 is 22.6 Å². The summed E-state index contributed by atoms with van der Waals surface area (Å²) in [6.45, 7) is 17.3. The maximum Gasteiger partial charge on any atom is 0.164 e. The lowest BCUT2D eigenvalue weighted by atomic mass is 9.58. The molecule has 2 bridgehead atoms. The van der Waals surface area contributed by atoms with Gasteiger partial charge in [-0.05, 0) is 75.4 Å². The fourth-order valence-corrected chi connectivity index (χ4v) is 8.17. The van der Waals surface area contributed by atoms with Gasteiger partial charge in [-0.3, -0.25) is 4.79 Å². The van der Waals surface area contributed by atoms with Crippen LogP contribution in [0.15, 0.2) is 23.3 Å². The molecule has 4 fully saturated rings. The summed E-state index contributed by atoms with van der Waals surface area (Å²) < 4.78 is 26.2. The van der Waals surface area contributed by atoms with Crippen molar-refractivity contribution in [3.8, 4) is 0 Å². The lowest BCUT2D eigenvalue weighted by Crippen LogP contribution is -2.67. The second-order valence-electron chi connectivity index (χ2n) is 12.5. The molecule has 31 heavy (non-hydrogen) atoms. The predicted octanol–water partition coefficient (Wildman–Crippen LogP) is 4.41. The minimum Gasteiger partial charge on any atom is -0.346 e. The largest absolute Gasteiger partial charge is 0.346 e. The number of carbonyl (C=O) groups is 1. The van der Waals surface area contributed by atoms with E-state index in [0.717, 1.165) is 17.6 Å². The molecule has 0 N–H and O–H groups in total. The Morgan fingerprint density at radius 3 is 2.39 bits per heavy atom. The van der Waals surface area contributed by atoms with Gasteiger partial charge >= 0.3 is 0 Å². The first-order chi connectivity index (χ1) is 14.3. The van der Waals surface area contributed by atoms with Gasteiger partial charge in [0.1, 0.15) is 17.8 Å². The van der Waals surface area contributed by atoms with Crippen LogP contribution in [0.5, 0.6) is 0 Å². The number of hydrogen-bond donors (Lipinski definition) is 0. The standard InChI is InChI=1S/C26H36O5/c1-13-11-25-14(2)9-17-18(22(17,3)4)16(19(25)27)10-15-12-28-23(5,6)30-21(15)26(25)20(13)29-24(7,8)31-26/h10-11,14,16-18,20-21H,9,12H2,1-8H3. The van der Waals surface area contributed by atoms with Gasteiger partial charge in [0.05, 0.1) is 12.0 Å². The maximum atomic E-state index is 14.7. The number of allylic oxidation sites excluding steroid dienone is 1. The van der Waals surface area contributed by atoms with E-state index in [1.807, 2.05) is 27.7 Å². The topological polar surface area (TPSA) is 54.0 Å². The highest BCUT2D eigenvalue weighted by Gasteiger charge is 2.80. The third kappa shape index (κ3) is 2.24. The van der Waals surface area contributed by atoms with Gasteiger partial charge in [-0.1, -0.05) is 32.9 Å². The first-order valence-corrected chi connectivity index (χ1v) is 11.9. The molecule has 170 valence electrons. The van der Waals surface area contributed by atoms with Crippen molar-refractivity contribution < 1.29 is 23.7 Å². The van der Waals surface area contributed by atoms with Crippen molar-refractivity contribution in [2.45, 2.75) is 91.2 Å². The maximum absolute atomic E-state index is 14.7. The van der Waals surface area contributed by atoms with Crippen LogP contribution in [0.3, 0.4) is 0 Å². The fourth-order valence-electron chi connectivity index (χ4n) is 8.17. The van der Waals surface area contributed by atoms with Gasteiger partial charge in [0.25, 0.3) is 0 Å². The molecule has 8 atom stereocenters. The zero-order chi connectivity index (χ0) is 22.4. The predicted molar refractivity (Wildman–Crippen MR) is 115 cm³/mol. The van der Waals surface area contributed by atoms with Crippen molar-refractivity contribution in [1.29, 1.82) is 0 Å². The highest BCUT2D eigenvalue weighted by Crippen LogP contribution is 2.73.